The second-order valence-corrected chi connectivity index (χ2v) is 6.51. The van der Waals surface area contributed by atoms with Crippen LogP contribution in [0.15, 0.2) is 18.2 Å². The maximum atomic E-state index is 6.64. The lowest BCUT2D eigenvalue weighted by Gasteiger charge is -2.46. The van der Waals surface area contributed by atoms with E-state index < -0.39 is 0 Å². The zero-order chi connectivity index (χ0) is 15.6. The summed E-state index contributed by atoms with van der Waals surface area (Å²) in [6.07, 6.45) is 0.979. The first-order chi connectivity index (χ1) is 9.94. The predicted molar refractivity (Wildman–Crippen MR) is 88.7 cm³/mol. The minimum Gasteiger partial charge on any atom is -0.487 e. The average Bonchev–Trinajstić information content (AvgIpc) is 2.46. The van der Waals surface area contributed by atoms with Crippen molar-refractivity contribution in [3.05, 3.63) is 29.3 Å². The van der Waals surface area contributed by atoms with Gasteiger partial charge in [0.2, 0.25) is 0 Å². The van der Waals surface area contributed by atoms with Crippen LogP contribution in [0.1, 0.15) is 51.8 Å². The molecule has 0 spiro atoms. The molecule has 2 atom stereocenters. The number of ether oxygens (including phenoxy) is 1. The molecule has 2 rings (SSSR count). The first-order valence-electron chi connectivity index (χ1n) is 8.23. The number of para-hydroxylation sites is 1. The maximum Gasteiger partial charge on any atom is 0.128 e. The van der Waals surface area contributed by atoms with Crippen LogP contribution in [-0.2, 0) is 6.42 Å². The molecule has 0 radical (unpaired) electrons. The number of hydrogen-bond donors (Lipinski definition) is 1. The summed E-state index contributed by atoms with van der Waals surface area (Å²) >= 11 is 0. The van der Waals surface area contributed by atoms with Gasteiger partial charge in [0.05, 0.1) is 0 Å². The van der Waals surface area contributed by atoms with E-state index in [1.54, 1.807) is 0 Å². The van der Waals surface area contributed by atoms with Crippen molar-refractivity contribution in [2.75, 3.05) is 19.6 Å². The Bertz CT molecular complexity index is 480. The second-order valence-electron chi connectivity index (χ2n) is 6.51. The minimum atomic E-state index is -0.236. The predicted octanol–water partition coefficient (Wildman–Crippen LogP) is 3.38. The Kier molecular flexibility index (Phi) is 4.95. The van der Waals surface area contributed by atoms with Gasteiger partial charge in [0.15, 0.2) is 0 Å². The highest BCUT2D eigenvalue weighted by Crippen LogP contribution is 2.44. The quantitative estimate of drug-likeness (QED) is 0.903. The standard InChI is InChI=1S/C18H30N2O/c1-6-13-10-9-11-14-16(19)15(12-20(7-2)8-3)18(4,5)21-17(13)14/h9-11,15-16H,6-8,12,19H2,1-5H3. The SMILES string of the molecule is CCc1cccc2c1OC(C)(C)C(CN(CC)CC)C2N. The van der Waals surface area contributed by atoms with E-state index in [0.717, 1.165) is 31.8 Å². The summed E-state index contributed by atoms with van der Waals surface area (Å²) in [5, 5.41) is 0. The summed E-state index contributed by atoms with van der Waals surface area (Å²) in [6.45, 7) is 14.0. The normalized spacial score (nSPS) is 23.8. The molecule has 0 aliphatic carbocycles. The van der Waals surface area contributed by atoms with Gasteiger partial charge < -0.3 is 15.4 Å². The third-order valence-electron chi connectivity index (χ3n) is 4.91. The number of rotatable bonds is 5. The van der Waals surface area contributed by atoms with Gasteiger partial charge in [-0.25, -0.2) is 0 Å². The average molecular weight is 290 g/mol. The zero-order valence-corrected chi connectivity index (χ0v) is 14.1. The Morgan fingerprint density at radius 3 is 2.43 bits per heavy atom. The van der Waals surface area contributed by atoms with Crippen molar-refractivity contribution in [2.45, 2.75) is 52.7 Å². The van der Waals surface area contributed by atoms with Crippen LogP contribution in [0.3, 0.4) is 0 Å². The summed E-state index contributed by atoms with van der Waals surface area (Å²) in [4.78, 5) is 2.43. The molecule has 1 aromatic rings. The van der Waals surface area contributed by atoms with E-state index >= 15 is 0 Å². The van der Waals surface area contributed by atoms with Crippen molar-refractivity contribution in [1.82, 2.24) is 4.90 Å². The fourth-order valence-electron chi connectivity index (χ4n) is 3.35. The van der Waals surface area contributed by atoms with Crippen molar-refractivity contribution in [2.24, 2.45) is 11.7 Å². The molecule has 2 unspecified atom stereocenters. The second kappa shape index (κ2) is 6.37. The van der Waals surface area contributed by atoms with E-state index in [-0.39, 0.29) is 11.6 Å². The van der Waals surface area contributed by atoms with Crippen LogP contribution >= 0.6 is 0 Å². The molecule has 0 saturated heterocycles. The van der Waals surface area contributed by atoms with E-state index in [0.29, 0.717) is 5.92 Å². The third-order valence-corrected chi connectivity index (χ3v) is 4.91. The van der Waals surface area contributed by atoms with Crippen molar-refractivity contribution >= 4 is 0 Å². The summed E-state index contributed by atoms with van der Waals surface area (Å²) in [5.74, 6) is 1.32. The molecule has 1 aliphatic heterocycles. The molecule has 0 fully saturated rings. The molecule has 0 aromatic heterocycles. The lowest BCUT2D eigenvalue weighted by atomic mass is 9.77. The summed E-state index contributed by atoms with van der Waals surface area (Å²) < 4.78 is 6.41. The highest BCUT2D eigenvalue weighted by atomic mass is 16.5. The molecule has 3 nitrogen and oxygen atoms in total. The summed E-state index contributed by atoms with van der Waals surface area (Å²) in [5.41, 5.74) is 8.84. The van der Waals surface area contributed by atoms with Gasteiger partial charge >= 0.3 is 0 Å². The fraction of sp³-hybridized carbons (Fsp3) is 0.667. The van der Waals surface area contributed by atoms with Gasteiger partial charge in [-0.1, -0.05) is 39.0 Å². The van der Waals surface area contributed by atoms with Crippen molar-refractivity contribution in [3.8, 4) is 5.75 Å². The molecule has 0 amide bonds. The molecule has 118 valence electrons. The number of benzene rings is 1. The fourth-order valence-corrected chi connectivity index (χ4v) is 3.35. The number of nitrogens with two attached hydrogens (primary N) is 1. The van der Waals surface area contributed by atoms with Gasteiger partial charge in [-0.3, -0.25) is 0 Å². The number of aryl methyl sites for hydroxylation is 1. The van der Waals surface area contributed by atoms with Crippen LogP contribution in [0.2, 0.25) is 0 Å². The van der Waals surface area contributed by atoms with Crippen molar-refractivity contribution in [1.29, 1.82) is 0 Å². The lowest BCUT2D eigenvalue weighted by molar-refractivity contribution is -0.00609. The van der Waals surface area contributed by atoms with Gasteiger partial charge in [-0.05, 0) is 38.9 Å². The Morgan fingerprint density at radius 1 is 1.19 bits per heavy atom. The molecule has 21 heavy (non-hydrogen) atoms. The molecule has 0 bridgehead atoms. The number of hydrogen-bond acceptors (Lipinski definition) is 3. The van der Waals surface area contributed by atoms with Gasteiger partial charge in [-0.2, -0.15) is 0 Å². The Labute approximate surface area is 129 Å². The van der Waals surface area contributed by atoms with E-state index in [1.807, 2.05) is 0 Å². The van der Waals surface area contributed by atoms with Gasteiger partial charge in [0.25, 0.3) is 0 Å². The molecular weight excluding hydrogens is 260 g/mol. The minimum absolute atomic E-state index is 0.0378. The smallest absolute Gasteiger partial charge is 0.128 e. The summed E-state index contributed by atoms with van der Waals surface area (Å²) in [6, 6.07) is 6.42. The molecule has 2 N–H and O–H groups in total. The Hall–Kier alpha value is -1.06. The van der Waals surface area contributed by atoms with Gasteiger partial charge in [0.1, 0.15) is 11.4 Å². The highest BCUT2D eigenvalue weighted by molar-refractivity contribution is 5.46. The lowest BCUT2D eigenvalue weighted by Crippen LogP contribution is -2.52. The zero-order valence-electron chi connectivity index (χ0n) is 14.1. The van der Waals surface area contributed by atoms with Crippen LogP contribution in [0.25, 0.3) is 0 Å². The molecular formula is C18H30N2O. The van der Waals surface area contributed by atoms with Crippen LogP contribution < -0.4 is 10.5 Å². The Balaban J connectivity index is 2.37. The Morgan fingerprint density at radius 2 is 1.86 bits per heavy atom. The first kappa shape index (κ1) is 16.3. The maximum absolute atomic E-state index is 6.64. The molecule has 1 aliphatic rings. The van der Waals surface area contributed by atoms with Crippen LogP contribution in [0.4, 0.5) is 0 Å². The number of fused-ring (bicyclic) bond motifs is 1. The molecule has 0 saturated carbocycles. The molecule has 3 heteroatoms. The van der Waals surface area contributed by atoms with E-state index in [4.69, 9.17) is 10.5 Å². The number of nitrogens with zero attached hydrogens (tertiary/aromatic N) is 1. The summed E-state index contributed by atoms with van der Waals surface area (Å²) in [7, 11) is 0. The first-order valence-corrected chi connectivity index (χ1v) is 8.23. The topological polar surface area (TPSA) is 38.5 Å². The van der Waals surface area contributed by atoms with Crippen LogP contribution in [0.5, 0.6) is 5.75 Å². The molecule has 1 heterocycles. The van der Waals surface area contributed by atoms with E-state index in [2.05, 4.69) is 57.7 Å². The van der Waals surface area contributed by atoms with Crippen molar-refractivity contribution in [3.63, 3.8) is 0 Å². The third kappa shape index (κ3) is 3.09. The van der Waals surface area contributed by atoms with Crippen molar-refractivity contribution < 1.29 is 4.74 Å². The van der Waals surface area contributed by atoms with Gasteiger partial charge in [-0.15, -0.1) is 0 Å². The highest BCUT2D eigenvalue weighted by Gasteiger charge is 2.43. The van der Waals surface area contributed by atoms with Crippen LogP contribution in [-0.4, -0.2) is 30.1 Å². The van der Waals surface area contributed by atoms with Crippen LogP contribution in [0, 0.1) is 5.92 Å². The van der Waals surface area contributed by atoms with E-state index in [1.165, 1.54) is 11.1 Å². The monoisotopic (exact) mass is 290 g/mol. The largest absolute Gasteiger partial charge is 0.487 e. The van der Waals surface area contributed by atoms with Gasteiger partial charge in [0, 0.05) is 24.1 Å². The molecule has 1 aromatic carbocycles. The van der Waals surface area contributed by atoms with E-state index in [9.17, 15) is 0 Å².